The van der Waals surface area contributed by atoms with Crippen molar-refractivity contribution < 1.29 is 23.5 Å². The first-order valence-electron chi connectivity index (χ1n) is 19.4. The zero-order valence-corrected chi connectivity index (χ0v) is 36.7. The van der Waals surface area contributed by atoms with E-state index in [1.165, 1.54) is 24.3 Å². The highest BCUT2D eigenvalue weighted by Gasteiger charge is 2.27. The molecular formula is C47H49BrCl2F2N4O3. The van der Waals surface area contributed by atoms with Gasteiger partial charge >= 0.3 is 0 Å². The monoisotopic (exact) mass is 904 g/mol. The minimum Gasteiger partial charge on any atom is -0.378 e. The molecule has 7 nitrogen and oxygen atoms in total. The van der Waals surface area contributed by atoms with Gasteiger partial charge in [0.1, 0.15) is 17.2 Å². The Labute approximate surface area is 365 Å². The van der Waals surface area contributed by atoms with Crippen LogP contribution in [-0.2, 0) is 22.7 Å². The second-order valence-electron chi connectivity index (χ2n) is 15.4. The Morgan fingerprint density at radius 3 is 1.61 bits per heavy atom. The Bertz CT molecular complexity index is 2200. The zero-order chi connectivity index (χ0) is 42.7. The fourth-order valence-corrected chi connectivity index (χ4v) is 7.84. The fraction of sp³-hybridized carbons (Fsp3) is 0.319. The van der Waals surface area contributed by atoms with E-state index in [2.05, 4.69) is 44.5 Å². The number of hydrogen-bond donors (Lipinski definition) is 1. The largest absolute Gasteiger partial charge is 0.378 e. The van der Waals surface area contributed by atoms with Gasteiger partial charge in [-0.2, -0.15) is 0 Å². The van der Waals surface area contributed by atoms with Crippen LogP contribution in [0.2, 0.25) is 10.0 Å². The number of piperazine rings is 2. The van der Waals surface area contributed by atoms with Gasteiger partial charge in [-0.1, -0.05) is 87.4 Å². The fourth-order valence-electron chi connectivity index (χ4n) is 6.86. The van der Waals surface area contributed by atoms with Crippen molar-refractivity contribution in [1.82, 2.24) is 19.6 Å². The van der Waals surface area contributed by atoms with Crippen LogP contribution < -0.4 is 0 Å². The zero-order valence-electron chi connectivity index (χ0n) is 33.6. The lowest BCUT2D eigenvalue weighted by atomic mass is 10.0. The van der Waals surface area contributed by atoms with Gasteiger partial charge in [0.25, 0.3) is 0 Å². The van der Waals surface area contributed by atoms with Gasteiger partial charge in [-0.15, -0.1) is 0 Å². The molecule has 4 aromatic carbocycles. The average molecular weight is 907 g/mol. The number of nitrogens with zero attached hydrogens (tertiary/aromatic N) is 4. The van der Waals surface area contributed by atoms with Crippen LogP contribution in [0.3, 0.4) is 0 Å². The minimum atomic E-state index is -1.12. The molecule has 0 aliphatic carbocycles. The van der Waals surface area contributed by atoms with Gasteiger partial charge < -0.3 is 14.9 Å². The summed E-state index contributed by atoms with van der Waals surface area (Å²) in [6.07, 6.45) is 6.72. The summed E-state index contributed by atoms with van der Waals surface area (Å²) in [5.41, 5.74) is 3.34. The predicted octanol–water partition coefficient (Wildman–Crippen LogP) is 9.34. The highest BCUT2D eigenvalue weighted by Crippen LogP contribution is 2.24. The van der Waals surface area contributed by atoms with Crippen molar-refractivity contribution in [3.8, 4) is 11.8 Å². The molecule has 2 saturated heterocycles. The van der Waals surface area contributed by atoms with Gasteiger partial charge in [0.05, 0.1) is 0 Å². The third-order valence-corrected chi connectivity index (χ3v) is 11.1. The van der Waals surface area contributed by atoms with E-state index in [1.807, 2.05) is 47.1 Å². The highest BCUT2D eigenvalue weighted by atomic mass is 79.9. The molecule has 2 aliphatic heterocycles. The third-order valence-electron chi connectivity index (χ3n) is 9.92. The molecule has 12 heteroatoms. The number of amides is 2. The molecule has 0 spiro atoms. The van der Waals surface area contributed by atoms with E-state index in [0.29, 0.717) is 28.7 Å². The molecular weight excluding hydrogens is 857 g/mol. The summed E-state index contributed by atoms with van der Waals surface area (Å²) >= 11 is 15.5. The maximum atomic E-state index is 13.1. The molecule has 6 rings (SSSR count). The van der Waals surface area contributed by atoms with Gasteiger partial charge in [0.2, 0.25) is 11.8 Å². The van der Waals surface area contributed by atoms with Gasteiger partial charge in [0.15, 0.2) is 0 Å². The normalized spacial score (nSPS) is 17.7. The molecule has 59 heavy (non-hydrogen) atoms. The number of halogens is 5. The first kappa shape index (κ1) is 45.7. The Morgan fingerprint density at radius 1 is 0.729 bits per heavy atom. The predicted molar refractivity (Wildman–Crippen MR) is 238 cm³/mol. The quantitative estimate of drug-likeness (QED) is 0.141. The summed E-state index contributed by atoms with van der Waals surface area (Å²) < 4.78 is 27.0. The Morgan fingerprint density at radius 2 is 1.17 bits per heavy atom. The van der Waals surface area contributed by atoms with Gasteiger partial charge in [-0.05, 0) is 111 Å². The van der Waals surface area contributed by atoms with Crippen LogP contribution in [0.15, 0.2) is 102 Å². The van der Waals surface area contributed by atoms with Crippen molar-refractivity contribution in [3.05, 3.63) is 151 Å². The Hall–Kier alpha value is -4.34. The molecule has 4 aromatic rings. The van der Waals surface area contributed by atoms with Crippen LogP contribution in [-0.4, -0.2) is 93.5 Å². The standard InChI is InChI=1S/C26H28ClFN2O2.C21H21BrClFN2O/c1-19-17-29(18-20-4-9-24(28)10-5-20)14-15-30(19)25(31)11-7-21-6-8-23(27)16-22(21)12-13-26(2,3)32;1-15-13-25(14-16-2-7-19(24)8-3-16)10-11-26(15)21(27)9-5-17-4-6-18(23)12-20(17)22/h4-11,16,19,32H,14-15,17-18H2,1-3H3;2-9,12,15H,10-11,13-14H2,1H3/b11-7+;9-5+. The summed E-state index contributed by atoms with van der Waals surface area (Å²) in [6.45, 7) is 13.2. The van der Waals surface area contributed by atoms with Crippen LogP contribution in [0, 0.1) is 23.5 Å². The van der Waals surface area contributed by atoms with Crippen molar-refractivity contribution in [3.63, 3.8) is 0 Å². The molecule has 2 unspecified atom stereocenters. The molecule has 310 valence electrons. The van der Waals surface area contributed by atoms with Gasteiger partial charge in [-0.3, -0.25) is 19.4 Å². The molecule has 2 amide bonds. The summed E-state index contributed by atoms with van der Waals surface area (Å²) in [6, 6.07) is 24.1. The first-order valence-corrected chi connectivity index (χ1v) is 21.0. The number of benzene rings is 4. The van der Waals surface area contributed by atoms with Gasteiger partial charge in [-0.25, -0.2) is 8.78 Å². The highest BCUT2D eigenvalue weighted by molar-refractivity contribution is 9.10. The Balaban J connectivity index is 0.000000227. The summed E-state index contributed by atoms with van der Waals surface area (Å²) in [4.78, 5) is 33.8. The second kappa shape index (κ2) is 21.3. The molecule has 0 radical (unpaired) electrons. The first-order chi connectivity index (χ1) is 28.0. The van der Waals surface area contributed by atoms with E-state index in [-0.39, 0.29) is 35.5 Å². The van der Waals surface area contributed by atoms with Crippen LogP contribution in [0.25, 0.3) is 12.2 Å². The second-order valence-corrected chi connectivity index (χ2v) is 17.1. The summed E-state index contributed by atoms with van der Waals surface area (Å²) in [5, 5.41) is 11.1. The van der Waals surface area contributed by atoms with Crippen LogP contribution >= 0.6 is 39.1 Å². The average Bonchev–Trinajstić information content (AvgIpc) is 3.18. The van der Waals surface area contributed by atoms with Crippen molar-refractivity contribution >= 4 is 63.1 Å². The SMILES string of the molecule is CC1CN(Cc2ccc(F)cc2)CCN1C(=O)/C=C/c1ccc(Cl)cc1Br.CC1CN(Cc2ccc(F)cc2)CCN1C(=O)/C=C/c1ccc(Cl)cc1C#CC(C)(C)O. The minimum absolute atomic E-state index is 0.00535. The lowest BCUT2D eigenvalue weighted by Gasteiger charge is -2.39. The number of rotatable bonds is 8. The van der Waals surface area contributed by atoms with E-state index in [0.717, 1.165) is 66.0 Å². The molecule has 2 heterocycles. The molecule has 2 atom stereocenters. The van der Waals surface area contributed by atoms with Gasteiger partial charge in [0, 0.05) is 96.7 Å². The molecule has 2 fully saturated rings. The maximum absolute atomic E-state index is 13.1. The van der Waals surface area contributed by atoms with Crippen molar-refractivity contribution in [2.75, 3.05) is 39.3 Å². The number of aliphatic hydroxyl groups is 1. The van der Waals surface area contributed by atoms with E-state index in [1.54, 1.807) is 68.5 Å². The van der Waals surface area contributed by atoms with E-state index < -0.39 is 5.60 Å². The molecule has 2 aliphatic rings. The third kappa shape index (κ3) is 14.4. The van der Waals surface area contributed by atoms with Crippen LogP contribution in [0.5, 0.6) is 0 Å². The molecule has 0 bridgehead atoms. The van der Waals surface area contributed by atoms with Crippen LogP contribution in [0.4, 0.5) is 8.78 Å². The maximum Gasteiger partial charge on any atom is 0.246 e. The lowest BCUT2D eigenvalue weighted by Crippen LogP contribution is -2.53. The Kier molecular flexibility index (Phi) is 16.5. The number of carbonyl (C=O) groups excluding carboxylic acids is 2. The van der Waals surface area contributed by atoms with E-state index in [4.69, 9.17) is 23.2 Å². The summed E-state index contributed by atoms with van der Waals surface area (Å²) in [5.74, 6) is 5.22. The lowest BCUT2D eigenvalue weighted by molar-refractivity contribution is -0.131. The molecule has 1 N–H and O–H groups in total. The topological polar surface area (TPSA) is 67.3 Å². The van der Waals surface area contributed by atoms with Crippen molar-refractivity contribution in [1.29, 1.82) is 0 Å². The molecule has 0 aromatic heterocycles. The smallest absolute Gasteiger partial charge is 0.246 e. The van der Waals surface area contributed by atoms with E-state index >= 15 is 0 Å². The number of carbonyl (C=O) groups is 2. The van der Waals surface area contributed by atoms with Crippen molar-refractivity contribution in [2.24, 2.45) is 0 Å². The summed E-state index contributed by atoms with van der Waals surface area (Å²) in [7, 11) is 0. The number of hydrogen-bond acceptors (Lipinski definition) is 5. The van der Waals surface area contributed by atoms with E-state index in [9.17, 15) is 23.5 Å². The molecule has 0 saturated carbocycles. The van der Waals surface area contributed by atoms with Crippen molar-refractivity contribution in [2.45, 2.75) is 58.5 Å². The van der Waals surface area contributed by atoms with Crippen LogP contribution in [0.1, 0.15) is 55.5 Å².